The molecule has 174 valence electrons. The van der Waals surface area contributed by atoms with Crippen LogP contribution in [0.2, 0.25) is 5.04 Å². The second-order valence-electron chi connectivity index (χ2n) is 9.09. The Labute approximate surface area is 207 Å². The Morgan fingerprint density at radius 3 is 2.00 bits per heavy atom. The average Bonchev–Trinajstić information content (AvgIpc) is 2.79. The first-order chi connectivity index (χ1) is 15.1. The highest BCUT2D eigenvalue weighted by atomic mass is 35.6. The van der Waals surface area contributed by atoms with E-state index in [9.17, 15) is 4.79 Å². The van der Waals surface area contributed by atoms with Gasteiger partial charge >= 0.3 is 0 Å². The summed E-state index contributed by atoms with van der Waals surface area (Å²) in [6.07, 6.45) is 3.28. The van der Waals surface area contributed by atoms with Crippen LogP contribution in [0.25, 0.3) is 0 Å². The van der Waals surface area contributed by atoms with Gasteiger partial charge in [0.15, 0.2) is 0 Å². The van der Waals surface area contributed by atoms with Gasteiger partial charge in [-0.25, -0.2) is 0 Å². The van der Waals surface area contributed by atoms with Gasteiger partial charge in [-0.15, -0.1) is 0 Å². The number of halogens is 3. The molecule has 0 amide bonds. The highest BCUT2D eigenvalue weighted by Gasteiger charge is 2.61. The molecule has 0 radical (unpaired) electrons. The van der Waals surface area contributed by atoms with Gasteiger partial charge in [0.2, 0.25) is 3.79 Å². The minimum Gasteiger partial charge on any atom is -0.465 e. The zero-order chi connectivity index (χ0) is 23.4. The maximum Gasteiger partial charge on any atom is 0.283 e. The summed E-state index contributed by atoms with van der Waals surface area (Å²) in [5.74, 6) is 0.107. The molecular formula is C25H31Cl3O3Si. The number of alkyl halides is 3. The number of carbonyl (C=O) groups is 1. The topological polar surface area (TPSA) is 35.5 Å². The molecule has 0 N–H and O–H groups in total. The first kappa shape index (κ1) is 25.6. The van der Waals surface area contributed by atoms with Gasteiger partial charge in [0, 0.05) is 6.61 Å². The fourth-order valence-corrected chi connectivity index (χ4v) is 10.5. The molecule has 1 aliphatic heterocycles. The Morgan fingerprint density at radius 2 is 1.56 bits per heavy atom. The van der Waals surface area contributed by atoms with E-state index in [0.29, 0.717) is 0 Å². The SMILES string of the molecule is CC(C1CCCCO1)C(C)(C)[Si](C(=O)OCC(Cl)(Cl)Cl)(c1ccccc1)c1ccccc1. The van der Waals surface area contributed by atoms with E-state index in [0.717, 1.165) is 36.2 Å². The maximum atomic E-state index is 14.2. The van der Waals surface area contributed by atoms with E-state index >= 15 is 0 Å². The van der Waals surface area contributed by atoms with Crippen LogP contribution in [0.5, 0.6) is 0 Å². The zero-order valence-corrected chi connectivity index (χ0v) is 22.1. The molecule has 2 unspecified atom stereocenters. The third-order valence-corrected chi connectivity index (χ3v) is 12.8. The summed E-state index contributed by atoms with van der Waals surface area (Å²) in [6, 6.07) is 19.9. The molecule has 1 saturated heterocycles. The normalized spacial score (nSPS) is 18.8. The van der Waals surface area contributed by atoms with Crippen molar-refractivity contribution in [1.29, 1.82) is 0 Å². The summed E-state index contributed by atoms with van der Waals surface area (Å²) in [5.41, 5.74) is -0.297. The average molecular weight is 514 g/mol. The second kappa shape index (κ2) is 10.5. The predicted octanol–water partition coefficient (Wildman–Crippen LogP) is 6.32. The van der Waals surface area contributed by atoms with Crippen molar-refractivity contribution in [3.63, 3.8) is 0 Å². The summed E-state index contributed by atoms with van der Waals surface area (Å²) >= 11 is 17.9. The smallest absolute Gasteiger partial charge is 0.283 e. The van der Waals surface area contributed by atoms with Crippen molar-refractivity contribution in [3.05, 3.63) is 60.7 Å². The Hall–Kier alpha value is -1.04. The number of hydrogen-bond donors (Lipinski definition) is 0. The minimum atomic E-state index is -3.24. The van der Waals surface area contributed by atoms with Crippen LogP contribution in [-0.4, -0.2) is 36.8 Å². The number of carbonyl (C=O) groups excluding carboxylic acids is 1. The monoisotopic (exact) mass is 512 g/mol. The fraction of sp³-hybridized carbons (Fsp3) is 0.480. The van der Waals surface area contributed by atoms with Crippen LogP contribution < -0.4 is 10.4 Å². The largest absolute Gasteiger partial charge is 0.465 e. The van der Waals surface area contributed by atoms with E-state index in [2.05, 4.69) is 20.8 Å². The number of ether oxygens (including phenoxy) is 2. The lowest BCUT2D eigenvalue weighted by molar-refractivity contribution is -0.0261. The molecule has 0 spiro atoms. The number of hydrogen-bond acceptors (Lipinski definition) is 3. The Balaban J connectivity index is 2.21. The van der Waals surface area contributed by atoms with Crippen LogP contribution in [0.4, 0.5) is 4.79 Å². The van der Waals surface area contributed by atoms with E-state index in [-0.39, 0.29) is 24.2 Å². The van der Waals surface area contributed by atoms with Crippen molar-refractivity contribution in [2.45, 2.75) is 55.0 Å². The van der Waals surface area contributed by atoms with Crippen LogP contribution in [0.3, 0.4) is 0 Å². The van der Waals surface area contributed by atoms with Gasteiger partial charge in [-0.2, -0.15) is 0 Å². The van der Waals surface area contributed by atoms with E-state index < -0.39 is 16.9 Å². The zero-order valence-electron chi connectivity index (χ0n) is 18.8. The molecule has 1 aliphatic rings. The molecule has 0 aromatic heterocycles. The molecule has 3 rings (SSSR count). The van der Waals surface area contributed by atoms with Gasteiger partial charge in [-0.1, -0.05) is 116 Å². The lowest BCUT2D eigenvalue weighted by Crippen LogP contribution is -2.72. The molecule has 2 aromatic rings. The lowest BCUT2D eigenvalue weighted by Gasteiger charge is -2.49. The van der Waals surface area contributed by atoms with Gasteiger partial charge in [0.25, 0.3) is 13.7 Å². The predicted molar refractivity (Wildman–Crippen MR) is 136 cm³/mol. The number of benzene rings is 2. The van der Waals surface area contributed by atoms with Crippen LogP contribution in [0, 0.1) is 5.92 Å². The van der Waals surface area contributed by atoms with Crippen LogP contribution in [0.1, 0.15) is 40.0 Å². The van der Waals surface area contributed by atoms with Crippen LogP contribution in [0.15, 0.2) is 60.7 Å². The maximum absolute atomic E-state index is 14.2. The van der Waals surface area contributed by atoms with Gasteiger partial charge in [0.05, 0.1) is 6.10 Å². The molecule has 1 heterocycles. The summed E-state index contributed by atoms with van der Waals surface area (Å²) in [4.78, 5) is 14.2. The third kappa shape index (κ3) is 5.20. The molecule has 2 atom stereocenters. The van der Waals surface area contributed by atoms with E-state index in [1.54, 1.807) is 0 Å². The van der Waals surface area contributed by atoms with Crippen molar-refractivity contribution in [2.24, 2.45) is 5.92 Å². The molecule has 1 fully saturated rings. The van der Waals surface area contributed by atoms with Gasteiger partial charge < -0.3 is 9.47 Å². The van der Waals surface area contributed by atoms with Gasteiger partial charge in [-0.3, -0.25) is 4.79 Å². The van der Waals surface area contributed by atoms with E-state index in [1.165, 1.54) is 0 Å². The van der Waals surface area contributed by atoms with E-state index in [1.807, 2.05) is 60.7 Å². The summed E-state index contributed by atoms with van der Waals surface area (Å²) in [7, 11) is -3.24. The van der Waals surface area contributed by atoms with Crippen LogP contribution in [-0.2, 0) is 9.47 Å². The third-order valence-electron chi connectivity index (χ3n) is 6.96. The first-order valence-electron chi connectivity index (χ1n) is 11.1. The first-order valence-corrected chi connectivity index (χ1v) is 14.2. The molecule has 0 saturated carbocycles. The van der Waals surface area contributed by atoms with Gasteiger partial charge in [-0.05, 0) is 40.6 Å². The Bertz CT molecular complexity index is 839. The molecule has 0 bridgehead atoms. The van der Waals surface area contributed by atoms with E-state index in [4.69, 9.17) is 44.3 Å². The molecule has 3 nitrogen and oxygen atoms in total. The van der Waals surface area contributed by atoms with Crippen molar-refractivity contribution in [3.8, 4) is 0 Å². The highest BCUT2D eigenvalue weighted by molar-refractivity contribution is 7.23. The highest BCUT2D eigenvalue weighted by Crippen LogP contribution is 2.48. The summed E-state index contributed by atoms with van der Waals surface area (Å²) < 4.78 is 10.3. The lowest BCUT2D eigenvalue weighted by atomic mass is 9.87. The molecule has 32 heavy (non-hydrogen) atoms. The molecular weight excluding hydrogens is 483 g/mol. The minimum absolute atomic E-state index is 0.0824. The van der Waals surface area contributed by atoms with Gasteiger partial charge in [0.1, 0.15) is 6.61 Å². The Morgan fingerprint density at radius 1 is 1.03 bits per heavy atom. The standard InChI is InChI=1S/C25H31Cl3O3Si/c1-19(22-16-10-11-17-30-22)24(2,3)32(20-12-6-4-7-13-20,21-14-8-5-9-15-21)23(29)31-18-25(26,27)28/h4-9,12-15,19,22H,10-11,16-18H2,1-3H3. The molecule has 2 aromatic carbocycles. The van der Waals surface area contributed by atoms with Crippen molar-refractivity contribution >= 4 is 58.8 Å². The quantitative estimate of drug-likeness (QED) is 0.321. The fourth-order valence-electron chi connectivity index (χ4n) is 5.01. The molecule has 7 heteroatoms. The Kier molecular flexibility index (Phi) is 8.38. The summed E-state index contributed by atoms with van der Waals surface area (Å²) in [6.45, 7) is 7.02. The van der Waals surface area contributed by atoms with Crippen molar-refractivity contribution in [1.82, 2.24) is 0 Å². The summed E-state index contributed by atoms with van der Waals surface area (Å²) in [5, 5.41) is 1.50. The van der Waals surface area contributed by atoms with Crippen molar-refractivity contribution < 1.29 is 14.3 Å². The van der Waals surface area contributed by atoms with Crippen LogP contribution >= 0.6 is 34.8 Å². The molecule has 0 aliphatic carbocycles. The second-order valence-corrected chi connectivity index (χ2v) is 16.0. The number of rotatable bonds is 7. The van der Waals surface area contributed by atoms with Crippen molar-refractivity contribution in [2.75, 3.05) is 13.2 Å².